The van der Waals surface area contributed by atoms with E-state index in [0.717, 1.165) is 35.6 Å². The number of nitrogens with one attached hydrogen (secondary N) is 1. The Balaban J connectivity index is 0.00000180. The van der Waals surface area contributed by atoms with E-state index in [-0.39, 0.29) is 24.0 Å². The maximum Gasteiger partial charge on any atom is 0.193 e. The molecule has 5 heteroatoms. The number of rotatable bonds is 4. The van der Waals surface area contributed by atoms with Crippen molar-refractivity contribution in [3.8, 4) is 0 Å². The molecule has 0 atom stereocenters. The topological polar surface area (TPSA) is 27.6 Å². The summed E-state index contributed by atoms with van der Waals surface area (Å²) in [5.41, 5.74) is 1.12. The van der Waals surface area contributed by atoms with Gasteiger partial charge in [0.1, 0.15) is 0 Å². The Kier molecular flexibility index (Phi) is 6.93. The van der Waals surface area contributed by atoms with Crippen molar-refractivity contribution < 1.29 is 0 Å². The molecule has 106 valence electrons. The van der Waals surface area contributed by atoms with E-state index in [2.05, 4.69) is 15.2 Å². The molecule has 0 aliphatic heterocycles. The number of benzene rings is 1. The molecule has 0 unspecified atom stereocenters. The number of nitrogens with zero attached hydrogens (tertiary/aromatic N) is 2. The van der Waals surface area contributed by atoms with E-state index in [1.54, 1.807) is 0 Å². The zero-order chi connectivity index (χ0) is 13.0. The lowest BCUT2D eigenvalue weighted by molar-refractivity contribution is 0.475. The van der Waals surface area contributed by atoms with Crippen molar-refractivity contribution in [3.63, 3.8) is 0 Å². The lowest BCUT2D eigenvalue weighted by Gasteiger charge is -2.22. The fraction of sp³-hybridized carbons (Fsp3) is 0.500. The highest BCUT2D eigenvalue weighted by atomic mass is 127. The maximum absolute atomic E-state index is 6.17. The minimum atomic E-state index is 0. The SMILES string of the molecule is CN=C(NCC1CC1)N(C)Cc1ccccc1Cl.I. The van der Waals surface area contributed by atoms with Crippen molar-refractivity contribution in [1.82, 2.24) is 10.2 Å². The average Bonchev–Trinajstić information content (AvgIpc) is 3.17. The minimum Gasteiger partial charge on any atom is -0.356 e. The van der Waals surface area contributed by atoms with Crippen LogP contribution in [0.1, 0.15) is 18.4 Å². The van der Waals surface area contributed by atoms with Gasteiger partial charge in [-0.1, -0.05) is 29.8 Å². The summed E-state index contributed by atoms with van der Waals surface area (Å²) in [6, 6.07) is 7.93. The molecule has 1 aliphatic rings. The lowest BCUT2D eigenvalue weighted by atomic mass is 10.2. The van der Waals surface area contributed by atoms with Crippen LogP contribution >= 0.6 is 35.6 Å². The summed E-state index contributed by atoms with van der Waals surface area (Å²) >= 11 is 6.17. The van der Waals surface area contributed by atoms with Gasteiger partial charge in [-0.05, 0) is 30.4 Å². The van der Waals surface area contributed by atoms with E-state index in [1.165, 1.54) is 12.8 Å². The summed E-state index contributed by atoms with van der Waals surface area (Å²) in [5, 5.41) is 4.21. The molecule has 0 saturated heterocycles. The quantitative estimate of drug-likeness (QED) is 0.482. The van der Waals surface area contributed by atoms with Crippen molar-refractivity contribution in [2.45, 2.75) is 19.4 Å². The second-order valence-corrected chi connectivity index (χ2v) is 5.23. The normalized spacial score (nSPS) is 14.8. The van der Waals surface area contributed by atoms with Gasteiger partial charge in [-0.2, -0.15) is 0 Å². The largest absolute Gasteiger partial charge is 0.356 e. The van der Waals surface area contributed by atoms with Gasteiger partial charge in [-0.15, -0.1) is 24.0 Å². The average molecular weight is 394 g/mol. The Morgan fingerprint density at radius 3 is 2.68 bits per heavy atom. The van der Waals surface area contributed by atoms with Gasteiger partial charge in [-0.3, -0.25) is 4.99 Å². The van der Waals surface area contributed by atoms with Crippen LogP contribution in [-0.4, -0.2) is 31.5 Å². The van der Waals surface area contributed by atoms with Gasteiger partial charge in [0.05, 0.1) is 0 Å². The van der Waals surface area contributed by atoms with Crippen molar-refractivity contribution in [2.75, 3.05) is 20.6 Å². The second kappa shape index (κ2) is 7.94. The van der Waals surface area contributed by atoms with Gasteiger partial charge in [0.2, 0.25) is 0 Å². The Labute approximate surface area is 137 Å². The highest BCUT2D eigenvalue weighted by Crippen LogP contribution is 2.27. The van der Waals surface area contributed by atoms with Crippen molar-refractivity contribution >= 4 is 41.5 Å². The van der Waals surface area contributed by atoms with Crippen LogP contribution < -0.4 is 5.32 Å². The molecule has 1 fully saturated rings. The molecule has 0 spiro atoms. The van der Waals surface area contributed by atoms with Crippen LogP contribution in [0.5, 0.6) is 0 Å². The summed E-state index contributed by atoms with van der Waals surface area (Å²) in [6.07, 6.45) is 2.69. The van der Waals surface area contributed by atoms with Gasteiger partial charge in [0.25, 0.3) is 0 Å². The first kappa shape index (κ1) is 16.6. The number of hydrogen-bond acceptors (Lipinski definition) is 1. The summed E-state index contributed by atoms with van der Waals surface area (Å²) in [4.78, 5) is 6.40. The van der Waals surface area contributed by atoms with E-state index < -0.39 is 0 Å². The van der Waals surface area contributed by atoms with E-state index in [9.17, 15) is 0 Å². The van der Waals surface area contributed by atoms with Gasteiger partial charge < -0.3 is 10.2 Å². The fourth-order valence-electron chi connectivity index (χ4n) is 1.90. The third-order valence-corrected chi connectivity index (χ3v) is 3.55. The molecule has 0 aromatic heterocycles. The number of halogens is 2. The monoisotopic (exact) mass is 393 g/mol. The maximum atomic E-state index is 6.17. The van der Waals surface area contributed by atoms with Gasteiger partial charge >= 0.3 is 0 Å². The van der Waals surface area contributed by atoms with Crippen molar-refractivity contribution in [1.29, 1.82) is 0 Å². The molecule has 0 radical (unpaired) electrons. The van der Waals surface area contributed by atoms with Crippen molar-refractivity contribution in [2.24, 2.45) is 10.9 Å². The zero-order valence-corrected chi connectivity index (χ0v) is 14.5. The van der Waals surface area contributed by atoms with E-state index in [4.69, 9.17) is 11.6 Å². The standard InChI is InChI=1S/C14H20ClN3.HI/c1-16-14(17-9-11-7-8-11)18(2)10-12-5-3-4-6-13(12)15;/h3-6,11H,7-10H2,1-2H3,(H,16,17);1H. The molecule has 0 heterocycles. The highest BCUT2D eigenvalue weighted by molar-refractivity contribution is 14.0. The molecule has 2 rings (SSSR count). The first-order chi connectivity index (χ1) is 8.70. The summed E-state index contributed by atoms with van der Waals surface area (Å²) in [7, 11) is 3.85. The molecule has 3 nitrogen and oxygen atoms in total. The van der Waals surface area contributed by atoms with E-state index in [0.29, 0.717) is 0 Å². The first-order valence-electron chi connectivity index (χ1n) is 6.36. The lowest BCUT2D eigenvalue weighted by Crippen LogP contribution is -2.39. The Bertz CT molecular complexity index is 432. The van der Waals surface area contributed by atoms with Crippen LogP contribution in [0.2, 0.25) is 5.02 Å². The van der Waals surface area contributed by atoms with Gasteiger partial charge in [-0.25, -0.2) is 0 Å². The third-order valence-electron chi connectivity index (χ3n) is 3.18. The number of hydrogen-bond donors (Lipinski definition) is 1. The minimum absolute atomic E-state index is 0. The van der Waals surface area contributed by atoms with E-state index >= 15 is 0 Å². The molecule has 1 N–H and O–H groups in total. The van der Waals surface area contributed by atoms with Crippen LogP contribution in [0.25, 0.3) is 0 Å². The fourth-order valence-corrected chi connectivity index (χ4v) is 2.09. The van der Waals surface area contributed by atoms with Crippen LogP contribution in [0.3, 0.4) is 0 Å². The third kappa shape index (κ3) is 5.18. The Morgan fingerprint density at radius 1 is 1.42 bits per heavy atom. The molecule has 0 amide bonds. The molecular weight excluding hydrogens is 373 g/mol. The molecule has 1 aliphatic carbocycles. The van der Waals surface area contributed by atoms with Crippen LogP contribution in [0.15, 0.2) is 29.3 Å². The molecule has 19 heavy (non-hydrogen) atoms. The highest BCUT2D eigenvalue weighted by Gasteiger charge is 2.21. The summed E-state index contributed by atoms with van der Waals surface area (Å²) in [5.74, 6) is 1.78. The summed E-state index contributed by atoms with van der Waals surface area (Å²) in [6.45, 7) is 1.80. The Morgan fingerprint density at radius 2 is 2.11 bits per heavy atom. The smallest absolute Gasteiger partial charge is 0.193 e. The predicted octanol–water partition coefficient (Wildman–Crippen LogP) is 3.38. The zero-order valence-electron chi connectivity index (χ0n) is 11.4. The van der Waals surface area contributed by atoms with Gasteiger partial charge in [0.15, 0.2) is 5.96 Å². The molecule has 0 bridgehead atoms. The molecule has 1 saturated carbocycles. The Hall–Kier alpha value is -0.490. The molecular formula is C14H21ClIN3. The number of guanidine groups is 1. The van der Waals surface area contributed by atoms with Crippen molar-refractivity contribution in [3.05, 3.63) is 34.9 Å². The predicted molar refractivity (Wildman–Crippen MR) is 92.4 cm³/mol. The second-order valence-electron chi connectivity index (χ2n) is 4.82. The van der Waals surface area contributed by atoms with Crippen LogP contribution in [0, 0.1) is 5.92 Å². The first-order valence-corrected chi connectivity index (χ1v) is 6.73. The van der Waals surface area contributed by atoms with E-state index in [1.807, 2.05) is 38.4 Å². The summed E-state index contributed by atoms with van der Waals surface area (Å²) < 4.78 is 0. The van der Waals surface area contributed by atoms with Gasteiger partial charge in [0, 0.05) is 32.2 Å². The molecule has 1 aromatic rings. The number of aliphatic imine (C=N–C) groups is 1. The van der Waals surface area contributed by atoms with Crippen LogP contribution in [-0.2, 0) is 6.54 Å². The molecule has 1 aromatic carbocycles. The van der Waals surface area contributed by atoms with Crippen LogP contribution in [0.4, 0.5) is 0 Å².